The number of aryl methyl sites for hydroxylation is 2. The largest absolute Gasteiger partial charge is 0.348 e. The molecule has 2 heteroatoms. The Morgan fingerprint density at radius 1 is 1.26 bits per heavy atom. The highest BCUT2D eigenvalue weighted by atomic mass is 15.0. The summed E-state index contributed by atoms with van der Waals surface area (Å²) in [5, 5.41) is 5.13. The van der Waals surface area contributed by atoms with Gasteiger partial charge in [-0.2, -0.15) is 0 Å². The van der Waals surface area contributed by atoms with E-state index >= 15 is 0 Å². The van der Waals surface area contributed by atoms with Crippen LogP contribution in [0.5, 0.6) is 0 Å². The van der Waals surface area contributed by atoms with Gasteiger partial charge >= 0.3 is 0 Å². The van der Waals surface area contributed by atoms with E-state index in [1.165, 1.54) is 54.4 Å². The molecule has 102 valence electrons. The Hall–Kier alpha value is -1.28. The van der Waals surface area contributed by atoms with Gasteiger partial charge in [-0.25, -0.2) is 0 Å². The van der Waals surface area contributed by atoms with E-state index in [-0.39, 0.29) is 0 Å². The third-order valence-corrected chi connectivity index (χ3v) is 4.64. The van der Waals surface area contributed by atoms with Crippen LogP contribution in [-0.2, 0) is 13.5 Å². The van der Waals surface area contributed by atoms with E-state index in [1.54, 1.807) is 5.56 Å². The topological polar surface area (TPSA) is 17.0 Å². The molecule has 1 saturated heterocycles. The highest BCUT2D eigenvalue weighted by Crippen LogP contribution is 2.28. The fraction of sp³-hybridized carbons (Fsp3) is 0.529. The predicted octanol–water partition coefficient (Wildman–Crippen LogP) is 3.48. The Morgan fingerprint density at radius 2 is 2.11 bits per heavy atom. The first-order valence-corrected chi connectivity index (χ1v) is 7.44. The molecule has 1 aromatic heterocycles. The van der Waals surface area contributed by atoms with Gasteiger partial charge in [0.25, 0.3) is 0 Å². The quantitative estimate of drug-likeness (QED) is 0.870. The number of benzene rings is 1. The second kappa shape index (κ2) is 5.01. The van der Waals surface area contributed by atoms with Crippen LogP contribution >= 0.6 is 0 Å². The fourth-order valence-corrected chi connectivity index (χ4v) is 3.36. The van der Waals surface area contributed by atoms with E-state index in [2.05, 4.69) is 49.0 Å². The Kier molecular flexibility index (Phi) is 3.36. The number of hydrogen-bond acceptors (Lipinski definition) is 1. The third kappa shape index (κ3) is 2.30. The monoisotopic (exact) mass is 256 g/mol. The molecule has 19 heavy (non-hydrogen) atoms. The lowest BCUT2D eigenvalue weighted by Gasteiger charge is -2.23. The zero-order chi connectivity index (χ0) is 13.4. The molecule has 1 unspecified atom stereocenters. The molecule has 1 aromatic carbocycles. The van der Waals surface area contributed by atoms with Crippen molar-refractivity contribution in [3.8, 4) is 0 Å². The van der Waals surface area contributed by atoms with Crippen molar-refractivity contribution in [1.82, 2.24) is 9.88 Å². The summed E-state index contributed by atoms with van der Waals surface area (Å²) in [5.41, 5.74) is 5.69. The van der Waals surface area contributed by atoms with Crippen LogP contribution in [0.15, 0.2) is 18.2 Å². The van der Waals surface area contributed by atoms with Crippen LogP contribution in [-0.4, -0.2) is 17.2 Å². The van der Waals surface area contributed by atoms with E-state index in [1.807, 2.05) is 0 Å². The van der Waals surface area contributed by atoms with Gasteiger partial charge in [0.05, 0.1) is 0 Å². The molecule has 0 aliphatic carbocycles. The van der Waals surface area contributed by atoms with Crippen molar-refractivity contribution in [2.24, 2.45) is 7.05 Å². The number of hydrogen-bond donors (Lipinski definition) is 1. The van der Waals surface area contributed by atoms with Gasteiger partial charge in [-0.3, -0.25) is 0 Å². The van der Waals surface area contributed by atoms with Gasteiger partial charge in [0.1, 0.15) is 0 Å². The molecule has 0 saturated carbocycles. The summed E-state index contributed by atoms with van der Waals surface area (Å²) in [5.74, 6) is 0. The molecule has 2 heterocycles. The van der Waals surface area contributed by atoms with E-state index in [0.717, 1.165) is 0 Å². The molecule has 1 atom stereocenters. The van der Waals surface area contributed by atoms with Gasteiger partial charge < -0.3 is 9.88 Å². The molecule has 2 aromatic rings. The van der Waals surface area contributed by atoms with Crippen LogP contribution in [0.4, 0.5) is 0 Å². The highest BCUT2D eigenvalue weighted by molar-refractivity contribution is 5.86. The fourth-order valence-electron chi connectivity index (χ4n) is 3.36. The normalized spacial score (nSPS) is 20.1. The first kappa shape index (κ1) is 12.7. The van der Waals surface area contributed by atoms with Crippen molar-refractivity contribution in [2.75, 3.05) is 6.54 Å². The van der Waals surface area contributed by atoms with E-state index < -0.39 is 0 Å². The Bertz CT molecular complexity index is 589. The maximum absolute atomic E-state index is 3.67. The molecular formula is C17H24N2. The summed E-state index contributed by atoms with van der Waals surface area (Å²) >= 11 is 0. The lowest BCUT2D eigenvalue weighted by Crippen LogP contribution is -2.35. The van der Waals surface area contributed by atoms with Crippen LogP contribution in [0, 0.1) is 13.8 Å². The van der Waals surface area contributed by atoms with Crippen LogP contribution in [0.25, 0.3) is 10.9 Å². The average Bonchev–Trinajstić information content (AvgIpc) is 2.65. The molecule has 1 aliphatic rings. The lowest BCUT2D eigenvalue weighted by atomic mass is 9.96. The molecule has 1 N–H and O–H groups in total. The van der Waals surface area contributed by atoms with Gasteiger partial charge in [-0.05, 0) is 57.4 Å². The maximum atomic E-state index is 3.67. The van der Waals surface area contributed by atoms with Crippen LogP contribution in [0.3, 0.4) is 0 Å². The first-order valence-electron chi connectivity index (χ1n) is 7.44. The number of fused-ring (bicyclic) bond motifs is 1. The second-order valence-electron chi connectivity index (χ2n) is 5.99. The summed E-state index contributed by atoms with van der Waals surface area (Å²) in [6.45, 7) is 5.63. The molecule has 1 aliphatic heterocycles. The summed E-state index contributed by atoms with van der Waals surface area (Å²) < 4.78 is 2.34. The minimum absolute atomic E-state index is 0.665. The van der Waals surface area contributed by atoms with Crippen molar-refractivity contribution in [2.45, 2.75) is 45.6 Å². The van der Waals surface area contributed by atoms with Crippen LogP contribution in [0.2, 0.25) is 0 Å². The van der Waals surface area contributed by atoms with Gasteiger partial charge in [0.2, 0.25) is 0 Å². The smallest absolute Gasteiger partial charge is 0.0482 e. The SMILES string of the molecule is Cc1ccc2c(c1)c(CC1CCCCN1)c(C)n2C. The van der Waals surface area contributed by atoms with Crippen molar-refractivity contribution in [3.05, 3.63) is 35.0 Å². The van der Waals surface area contributed by atoms with E-state index in [0.29, 0.717) is 6.04 Å². The number of rotatable bonds is 2. The van der Waals surface area contributed by atoms with Crippen LogP contribution in [0.1, 0.15) is 36.1 Å². The van der Waals surface area contributed by atoms with E-state index in [4.69, 9.17) is 0 Å². The van der Waals surface area contributed by atoms with Crippen molar-refractivity contribution in [1.29, 1.82) is 0 Å². The second-order valence-corrected chi connectivity index (χ2v) is 5.99. The Morgan fingerprint density at radius 3 is 2.84 bits per heavy atom. The minimum Gasteiger partial charge on any atom is -0.348 e. The Balaban J connectivity index is 2.01. The zero-order valence-electron chi connectivity index (χ0n) is 12.3. The average molecular weight is 256 g/mol. The predicted molar refractivity (Wildman–Crippen MR) is 81.7 cm³/mol. The standard InChI is InChI=1S/C17H24N2/c1-12-7-8-17-16(10-12)15(13(2)19(17)3)11-14-6-4-5-9-18-14/h7-8,10,14,18H,4-6,9,11H2,1-3H3. The summed E-state index contributed by atoms with van der Waals surface area (Å²) in [6, 6.07) is 7.49. The molecule has 0 radical (unpaired) electrons. The minimum atomic E-state index is 0.665. The molecule has 0 amide bonds. The Labute approximate surface area is 115 Å². The summed E-state index contributed by atoms with van der Waals surface area (Å²) in [7, 11) is 2.19. The van der Waals surface area contributed by atoms with Gasteiger partial charge in [0, 0.05) is 29.7 Å². The van der Waals surface area contributed by atoms with Gasteiger partial charge in [-0.1, -0.05) is 18.1 Å². The van der Waals surface area contributed by atoms with Crippen molar-refractivity contribution < 1.29 is 0 Å². The summed E-state index contributed by atoms with van der Waals surface area (Å²) in [6.07, 6.45) is 5.21. The van der Waals surface area contributed by atoms with Gasteiger partial charge in [-0.15, -0.1) is 0 Å². The molecular weight excluding hydrogens is 232 g/mol. The van der Waals surface area contributed by atoms with Crippen molar-refractivity contribution in [3.63, 3.8) is 0 Å². The lowest BCUT2D eigenvalue weighted by molar-refractivity contribution is 0.399. The highest BCUT2D eigenvalue weighted by Gasteiger charge is 2.18. The molecule has 0 spiro atoms. The number of nitrogens with zero attached hydrogens (tertiary/aromatic N) is 1. The molecule has 1 fully saturated rings. The third-order valence-electron chi connectivity index (χ3n) is 4.64. The van der Waals surface area contributed by atoms with Crippen molar-refractivity contribution >= 4 is 10.9 Å². The summed E-state index contributed by atoms with van der Waals surface area (Å²) in [4.78, 5) is 0. The number of piperidine rings is 1. The molecule has 0 bridgehead atoms. The number of aromatic nitrogens is 1. The zero-order valence-corrected chi connectivity index (χ0v) is 12.3. The number of nitrogens with one attached hydrogen (secondary N) is 1. The molecule has 2 nitrogen and oxygen atoms in total. The van der Waals surface area contributed by atoms with Crippen LogP contribution < -0.4 is 5.32 Å². The maximum Gasteiger partial charge on any atom is 0.0482 e. The van der Waals surface area contributed by atoms with Gasteiger partial charge in [0.15, 0.2) is 0 Å². The van der Waals surface area contributed by atoms with E-state index in [9.17, 15) is 0 Å². The molecule has 3 rings (SSSR count). The first-order chi connectivity index (χ1) is 9.16.